The molecule has 0 radical (unpaired) electrons. The summed E-state index contributed by atoms with van der Waals surface area (Å²) < 4.78 is 26.3. The van der Waals surface area contributed by atoms with Crippen LogP contribution in [0.3, 0.4) is 0 Å². The maximum Gasteiger partial charge on any atom is 0.240 e. The minimum atomic E-state index is -3.77. The zero-order chi connectivity index (χ0) is 14.6. The summed E-state index contributed by atoms with van der Waals surface area (Å²) in [5.41, 5.74) is 5.67. The fourth-order valence-corrected chi connectivity index (χ4v) is 3.18. The minimum absolute atomic E-state index is 0.0597. The summed E-state index contributed by atoms with van der Waals surface area (Å²) in [7, 11) is -3.77. The van der Waals surface area contributed by atoms with Crippen molar-refractivity contribution >= 4 is 38.9 Å². The molecule has 0 amide bonds. The Morgan fingerprint density at radius 3 is 2.37 bits per heavy atom. The number of nitrogen functional groups attached to an aromatic ring is 1. The van der Waals surface area contributed by atoms with Gasteiger partial charge in [-0.25, -0.2) is 13.1 Å². The lowest BCUT2D eigenvalue weighted by Crippen LogP contribution is -2.32. The van der Waals surface area contributed by atoms with Gasteiger partial charge in [-0.2, -0.15) is 0 Å². The van der Waals surface area contributed by atoms with Crippen LogP contribution in [0.1, 0.15) is 19.8 Å². The Kier molecular flexibility index (Phi) is 5.88. The number of rotatable bonds is 6. The highest BCUT2D eigenvalue weighted by Gasteiger charge is 2.18. The predicted molar refractivity (Wildman–Crippen MR) is 77.0 cm³/mol. The highest BCUT2D eigenvalue weighted by molar-refractivity contribution is 7.89. The minimum Gasteiger partial charge on any atom is -0.396 e. The van der Waals surface area contributed by atoms with E-state index in [9.17, 15) is 13.5 Å². The maximum absolute atomic E-state index is 12.0. The molecule has 1 aromatic rings. The van der Waals surface area contributed by atoms with Crippen molar-refractivity contribution in [3.8, 4) is 0 Å². The Hall–Kier alpha value is -0.530. The van der Waals surface area contributed by atoms with Gasteiger partial charge in [0, 0.05) is 6.54 Å². The molecule has 0 heterocycles. The lowest BCUT2D eigenvalue weighted by atomic mass is 10.2. The lowest BCUT2D eigenvalue weighted by molar-refractivity contribution is 0.167. The standard InChI is InChI=1S/C11H16Cl2N2O3S/c1-2-3-7(16)6-15-19(17,18)8-4-9(12)11(14)10(13)5-8/h4-5,7,15-16H,2-3,6,14H2,1H3. The van der Waals surface area contributed by atoms with Crippen molar-refractivity contribution in [1.29, 1.82) is 0 Å². The van der Waals surface area contributed by atoms with Crippen LogP contribution < -0.4 is 10.5 Å². The van der Waals surface area contributed by atoms with Crippen molar-refractivity contribution in [2.75, 3.05) is 12.3 Å². The van der Waals surface area contributed by atoms with Crippen LogP contribution in [0.5, 0.6) is 0 Å². The molecule has 0 aliphatic rings. The zero-order valence-electron chi connectivity index (χ0n) is 10.4. The summed E-state index contributed by atoms with van der Waals surface area (Å²) in [6.07, 6.45) is 0.563. The van der Waals surface area contributed by atoms with E-state index in [0.29, 0.717) is 6.42 Å². The van der Waals surface area contributed by atoms with Gasteiger partial charge in [0.05, 0.1) is 26.7 Å². The molecule has 0 spiro atoms. The van der Waals surface area contributed by atoms with Crippen LogP contribution in [0.4, 0.5) is 5.69 Å². The third-order valence-electron chi connectivity index (χ3n) is 2.49. The molecular weight excluding hydrogens is 311 g/mol. The number of hydrogen-bond donors (Lipinski definition) is 3. The Morgan fingerprint density at radius 1 is 1.37 bits per heavy atom. The van der Waals surface area contributed by atoms with Gasteiger partial charge in [-0.05, 0) is 18.6 Å². The van der Waals surface area contributed by atoms with E-state index >= 15 is 0 Å². The van der Waals surface area contributed by atoms with Crippen molar-refractivity contribution < 1.29 is 13.5 Å². The van der Waals surface area contributed by atoms with E-state index < -0.39 is 16.1 Å². The van der Waals surface area contributed by atoms with Gasteiger partial charge in [-0.15, -0.1) is 0 Å². The smallest absolute Gasteiger partial charge is 0.240 e. The van der Waals surface area contributed by atoms with Gasteiger partial charge < -0.3 is 10.8 Å². The molecule has 5 nitrogen and oxygen atoms in total. The molecule has 0 saturated carbocycles. The summed E-state index contributed by atoms with van der Waals surface area (Å²) in [5.74, 6) is 0. The van der Waals surface area contributed by atoms with Crippen LogP contribution >= 0.6 is 23.2 Å². The second kappa shape index (κ2) is 6.76. The number of halogens is 2. The van der Waals surface area contributed by atoms with E-state index in [2.05, 4.69) is 4.72 Å². The number of aliphatic hydroxyl groups is 1. The topological polar surface area (TPSA) is 92.4 Å². The largest absolute Gasteiger partial charge is 0.396 e. The Bertz CT molecular complexity index is 526. The Labute approximate surface area is 122 Å². The first-order valence-electron chi connectivity index (χ1n) is 5.70. The number of anilines is 1. The number of sulfonamides is 1. The van der Waals surface area contributed by atoms with E-state index in [1.54, 1.807) is 0 Å². The molecule has 0 aromatic heterocycles. The van der Waals surface area contributed by atoms with Gasteiger partial charge >= 0.3 is 0 Å². The van der Waals surface area contributed by atoms with Gasteiger partial charge in [0.1, 0.15) is 0 Å². The van der Waals surface area contributed by atoms with E-state index in [1.165, 1.54) is 12.1 Å². The Balaban J connectivity index is 2.89. The van der Waals surface area contributed by atoms with Gasteiger partial charge in [-0.1, -0.05) is 36.5 Å². The first-order chi connectivity index (χ1) is 8.77. The Morgan fingerprint density at radius 2 is 1.89 bits per heavy atom. The van der Waals surface area contributed by atoms with E-state index in [1.807, 2.05) is 6.92 Å². The van der Waals surface area contributed by atoms with Crippen molar-refractivity contribution in [1.82, 2.24) is 4.72 Å². The lowest BCUT2D eigenvalue weighted by Gasteiger charge is -2.12. The number of aliphatic hydroxyl groups excluding tert-OH is 1. The van der Waals surface area contributed by atoms with E-state index in [0.717, 1.165) is 6.42 Å². The van der Waals surface area contributed by atoms with Crippen LogP contribution in [-0.2, 0) is 10.0 Å². The third-order valence-corrected chi connectivity index (χ3v) is 4.52. The van der Waals surface area contributed by atoms with Crippen LogP contribution in [0.15, 0.2) is 17.0 Å². The molecular formula is C11H16Cl2N2O3S. The first-order valence-corrected chi connectivity index (χ1v) is 7.94. The van der Waals surface area contributed by atoms with Crippen LogP contribution in [0.2, 0.25) is 10.0 Å². The molecule has 19 heavy (non-hydrogen) atoms. The highest BCUT2D eigenvalue weighted by atomic mass is 35.5. The molecule has 1 atom stereocenters. The summed E-state index contributed by atoms with van der Waals surface area (Å²) in [6, 6.07) is 2.44. The van der Waals surface area contributed by atoms with Gasteiger partial charge in [0.15, 0.2) is 0 Å². The average molecular weight is 327 g/mol. The van der Waals surface area contributed by atoms with Crippen molar-refractivity contribution in [2.24, 2.45) is 0 Å². The molecule has 0 aliphatic heterocycles. The molecule has 108 valence electrons. The van der Waals surface area contributed by atoms with Crippen LogP contribution in [0.25, 0.3) is 0 Å². The summed E-state index contributed by atoms with van der Waals surface area (Å²) in [5, 5.41) is 9.66. The van der Waals surface area contributed by atoms with Gasteiger partial charge in [-0.3, -0.25) is 0 Å². The molecule has 0 saturated heterocycles. The monoisotopic (exact) mass is 326 g/mol. The second-order valence-electron chi connectivity index (χ2n) is 4.09. The highest BCUT2D eigenvalue weighted by Crippen LogP contribution is 2.30. The summed E-state index contributed by atoms with van der Waals surface area (Å²) in [6.45, 7) is 1.84. The first kappa shape index (κ1) is 16.5. The number of nitrogens with two attached hydrogens (primary N) is 1. The number of hydrogen-bond acceptors (Lipinski definition) is 4. The molecule has 1 unspecified atom stereocenters. The zero-order valence-corrected chi connectivity index (χ0v) is 12.7. The fraction of sp³-hybridized carbons (Fsp3) is 0.455. The van der Waals surface area contributed by atoms with Gasteiger partial charge in [0.2, 0.25) is 10.0 Å². The summed E-state index contributed by atoms with van der Waals surface area (Å²) >= 11 is 11.6. The number of nitrogens with one attached hydrogen (secondary N) is 1. The van der Waals surface area contributed by atoms with Crippen molar-refractivity contribution in [2.45, 2.75) is 30.8 Å². The molecule has 8 heteroatoms. The summed E-state index contributed by atoms with van der Waals surface area (Å²) in [4.78, 5) is -0.0830. The predicted octanol–water partition coefficient (Wildman–Crippen LogP) is 2.01. The quantitative estimate of drug-likeness (QED) is 0.697. The normalized spacial score (nSPS) is 13.5. The van der Waals surface area contributed by atoms with Gasteiger partial charge in [0.25, 0.3) is 0 Å². The van der Waals surface area contributed by atoms with Crippen molar-refractivity contribution in [3.05, 3.63) is 22.2 Å². The van der Waals surface area contributed by atoms with Crippen LogP contribution in [-0.4, -0.2) is 26.2 Å². The SMILES string of the molecule is CCCC(O)CNS(=O)(=O)c1cc(Cl)c(N)c(Cl)c1. The average Bonchev–Trinajstić information content (AvgIpc) is 2.33. The molecule has 0 aliphatic carbocycles. The molecule has 4 N–H and O–H groups in total. The van der Waals surface area contributed by atoms with E-state index in [-0.39, 0.29) is 27.2 Å². The number of benzene rings is 1. The molecule has 1 aromatic carbocycles. The second-order valence-corrected chi connectivity index (χ2v) is 6.68. The van der Waals surface area contributed by atoms with Crippen molar-refractivity contribution in [3.63, 3.8) is 0 Å². The maximum atomic E-state index is 12.0. The van der Waals surface area contributed by atoms with Crippen LogP contribution in [0, 0.1) is 0 Å². The fourth-order valence-electron chi connectivity index (χ4n) is 1.44. The molecule has 0 fully saturated rings. The molecule has 0 bridgehead atoms. The van der Waals surface area contributed by atoms with E-state index in [4.69, 9.17) is 28.9 Å². The molecule has 1 rings (SSSR count). The third kappa shape index (κ3) is 4.50.